The third-order valence-electron chi connectivity index (χ3n) is 4.16. The van der Waals surface area contributed by atoms with Crippen LogP contribution in [0.1, 0.15) is 27.0 Å². The molecule has 0 radical (unpaired) electrons. The molecular formula is C22H17NOS. The molecule has 3 aromatic rings. The van der Waals surface area contributed by atoms with E-state index in [4.69, 9.17) is 5.26 Å². The molecule has 0 N–H and O–H groups in total. The van der Waals surface area contributed by atoms with Crippen molar-refractivity contribution >= 4 is 17.5 Å². The number of carbonyl (C=O) groups excluding carboxylic acids is 1. The lowest BCUT2D eigenvalue weighted by Gasteiger charge is -2.15. The molecule has 3 aromatic carbocycles. The smallest absolute Gasteiger partial charge is 0.193 e. The zero-order chi connectivity index (χ0) is 17.8. The van der Waals surface area contributed by atoms with Crippen LogP contribution < -0.4 is 0 Å². The van der Waals surface area contributed by atoms with E-state index in [1.807, 2.05) is 80.6 Å². The molecule has 0 amide bonds. The van der Waals surface area contributed by atoms with Crippen molar-refractivity contribution in [3.05, 3.63) is 89.0 Å². The van der Waals surface area contributed by atoms with Crippen LogP contribution in [0.3, 0.4) is 0 Å². The van der Waals surface area contributed by atoms with E-state index in [2.05, 4.69) is 5.40 Å². The molecule has 3 heteroatoms. The predicted molar refractivity (Wildman–Crippen MR) is 103 cm³/mol. The highest BCUT2D eigenvalue weighted by molar-refractivity contribution is 8.03. The third-order valence-corrected chi connectivity index (χ3v) is 4.91. The number of nitriles is 1. The number of rotatable bonds is 4. The molecule has 25 heavy (non-hydrogen) atoms. The van der Waals surface area contributed by atoms with Gasteiger partial charge in [-0.2, -0.15) is 5.26 Å². The Kier molecular flexibility index (Phi) is 5.02. The number of benzene rings is 3. The maximum absolute atomic E-state index is 13.1. The highest BCUT2D eigenvalue weighted by Gasteiger charge is 2.19. The van der Waals surface area contributed by atoms with Crippen LogP contribution in [0.15, 0.2) is 71.6 Å². The number of aryl methyl sites for hydroxylation is 1. The molecular weight excluding hydrogens is 326 g/mol. The summed E-state index contributed by atoms with van der Waals surface area (Å²) >= 11 is 1.12. The van der Waals surface area contributed by atoms with Crippen LogP contribution in [-0.4, -0.2) is 5.78 Å². The number of hydrogen-bond donors (Lipinski definition) is 0. The van der Waals surface area contributed by atoms with Crippen molar-refractivity contribution < 1.29 is 4.79 Å². The standard InChI is InChI=1S/C22H17NOS/c1-15-7-6-10-18(13-15)22(24)19-11-12-20(25-14-23)16(2)21(19)17-8-4-3-5-9-17/h3-13H,1-2H3. The van der Waals surface area contributed by atoms with Crippen LogP contribution in [0.2, 0.25) is 0 Å². The van der Waals surface area contributed by atoms with Gasteiger partial charge in [0.05, 0.1) is 0 Å². The Labute approximate surface area is 152 Å². The van der Waals surface area contributed by atoms with Crippen LogP contribution in [0.5, 0.6) is 0 Å². The summed E-state index contributed by atoms with van der Waals surface area (Å²) in [5, 5.41) is 11.2. The molecule has 0 saturated heterocycles. The van der Waals surface area contributed by atoms with Crippen molar-refractivity contribution in [3.8, 4) is 16.5 Å². The Bertz CT molecular complexity index is 971. The van der Waals surface area contributed by atoms with Gasteiger partial charge < -0.3 is 0 Å². The Hall–Kier alpha value is -2.83. The van der Waals surface area contributed by atoms with Gasteiger partial charge in [-0.05, 0) is 60.5 Å². The minimum Gasteiger partial charge on any atom is -0.289 e. The van der Waals surface area contributed by atoms with E-state index in [-0.39, 0.29) is 5.78 Å². The lowest BCUT2D eigenvalue weighted by Crippen LogP contribution is -2.05. The molecule has 0 heterocycles. The third kappa shape index (κ3) is 3.50. The van der Waals surface area contributed by atoms with E-state index in [9.17, 15) is 4.79 Å². The van der Waals surface area contributed by atoms with E-state index in [1.165, 1.54) is 0 Å². The fraction of sp³-hybridized carbons (Fsp3) is 0.0909. The Balaban J connectivity index is 2.21. The van der Waals surface area contributed by atoms with Crippen LogP contribution in [0.25, 0.3) is 11.1 Å². The zero-order valence-electron chi connectivity index (χ0n) is 14.1. The first-order valence-corrected chi connectivity index (χ1v) is 8.80. The van der Waals surface area contributed by atoms with E-state index in [1.54, 1.807) is 0 Å². The van der Waals surface area contributed by atoms with Gasteiger partial charge in [0.2, 0.25) is 0 Å². The molecule has 0 aliphatic heterocycles. The van der Waals surface area contributed by atoms with Crippen molar-refractivity contribution in [1.29, 1.82) is 5.26 Å². The molecule has 3 rings (SSSR count). The Morgan fingerprint density at radius 1 is 0.960 bits per heavy atom. The maximum Gasteiger partial charge on any atom is 0.193 e. The van der Waals surface area contributed by atoms with Crippen molar-refractivity contribution in [2.45, 2.75) is 18.7 Å². The van der Waals surface area contributed by atoms with E-state index < -0.39 is 0 Å². The van der Waals surface area contributed by atoms with Crippen molar-refractivity contribution in [1.82, 2.24) is 0 Å². The molecule has 0 aliphatic rings. The monoisotopic (exact) mass is 343 g/mol. The summed E-state index contributed by atoms with van der Waals surface area (Å²) in [6.45, 7) is 3.95. The van der Waals surface area contributed by atoms with E-state index in [0.29, 0.717) is 11.1 Å². The zero-order valence-corrected chi connectivity index (χ0v) is 14.9. The second kappa shape index (κ2) is 7.38. The fourth-order valence-electron chi connectivity index (χ4n) is 2.96. The van der Waals surface area contributed by atoms with Crippen LogP contribution in [0, 0.1) is 24.5 Å². The lowest BCUT2D eigenvalue weighted by atomic mass is 9.90. The summed E-state index contributed by atoms with van der Waals surface area (Å²) in [4.78, 5) is 14.0. The second-order valence-corrected chi connectivity index (χ2v) is 6.70. The molecule has 0 spiro atoms. The number of thiocyanates is 1. The Morgan fingerprint density at radius 2 is 1.72 bits per heavy atom. The second-order valence-electron chi connectivity index (χ2n) is 5.87. The van der Waals surface area contributed by atoms with Gasteiger partial charge in [-0.15, -0.1) is 0 Å². The summed E-state index contributed by atoms with van der Waals surface area (Å²) in [6, 6.07) is 21.2. The Morgan fingerprint density at radius 3 is 2.40 bits per heavy atom. The van der Waals surface area contributed by atoms with Gasteiger partial charge in [0, 0.05) is 16.0 Å². The van der Waals surface area contributed by atoms with Crippen LogP contribution in [-0.2, 0) is 0 Å². The normalized spacial score (nSPS) is 10.3. The molecule has 0 bridgehead atoms. The van der Waals surface area contributed by atoms with Gasteiger partial charge in [-0.1, -0.05) is 54.1 Å². The summed E-state index contributed by atoms with van der Waals surface area (Å²) < 4.78 is 0. The molecule has 2 nitrogen and oxygen atoms in total. The van der Waals surface area contributed by atoms with Crippen molar-refractivity contribution in [2.24, 2.45) is 0 Å². The summed E-state index contributed by atoms with van der Waals surface area (Å²) in [5.41, 5.74) is 5.23. The molecule has 0 aromatic heterocycles. The van der Waals surface area contributed by atoms with Gasteiger partial charge >= 0.3 is 0 Å². The van der Waals surface area contributed by atoms with E-state index in [0.717, 1.165) is 38.9 Å². The SMILES string of the molecule is Cc1cccc(C(=O)c2ccc(SC#N)c(C)c2-c2ccccc2)c1. The molecule has 0 unspecified atom stereocenters. The topological polar surface area (TPSA) is 40.9 Å². The summed E-state index contributed by atoms with van der Waals surface area (Å²) in [7, 11) is 0. The van der Waals surface area contributed by atoms with E-state index >= 15 is 0 Å². The average Bonchev–Trinajstić information content (AvgIpc) is 2.63. The number of thioether (sulfide) groups is 1. The molecule has 0 fully saturated rings. The minimum atomic E-state index is -0.000777. The predicted octanol–water partition coefficient (Wildman–Crippen LogP) is 5.77. The minimum absolute atomic E-state index is 0.000777. The van der Waals surface area contributed by atoms with Gasteiger partial charge in [0.25, 0.3) is 0 Å². The summed E-state index contributed by atoms with van der Waals surface area (Å²) in [6.07, 6.45) is 0. The average molecular weight is 343 g/mol. The quantitative estimate of drug-likeness (QED) is 0.343. The van der Waals surface area contributed by atoms with Gasteiger partial charge in [-0.25, -0.2) is 0 Å². The molecule has 0 atom stereocenters. The summed E-state index contributed by atoms with van der Waals surface area (Å²) in [5.74, 6) is -0.000777. The molecule has 0 saturated carbocycles. The van der Waals surface area contributed by atoms with Gasteiger partial charge in [-0.3, -0.25) is 4.79 Å². The van der Waals surface area contributed by atoms with Crippen molar-refractivity contribution in [3.63, 3.8) is 0 Å². The van der Waals surface area contributed by atoms with Gasteiger partial charge in [0.1, 0.15) is 5.40 Å². The highest BCUT2D eigenvalue weighted by Crippen LogP contribution is 2.35. The number of nitrogens with zero attached hydrogens (tertiary/aromatic N) is 1. The maximum atomic E-state index is 13.1. The largest absolute Gasteiger partial charge is 0.289 e. The first-order chi connectivity index (χ1) is 12.1. The number of carbonyl (C=O) groups is 1. The number of ketones is 1. The lowest BCUT2D eigenvalue weighted by molar-refractivity contribution is 0.103. The van der Waals surface area contributed by atoms with Crippen molar-refractivity contribution in [2.75, 3.05) is 0 Å². The molecule has 122 valence electrons. The van der Waals surface area contributed by atoms with Crippen LogP contribution >= 0.6 is 11.8 Å². The van der Waals surface area contributed by atoms with Crippen LogP contribution in [0.4, 0.5) is 0 Å². The first kappa shape index (κ1) is 17.0. The fourth-order valence-corrected chi connectivity index (χ4v) is 3.45. The molecule has 0 aliphatic carbocycles. The highest BCUT2D eigenvalue weighted by atomic mass is 32.2. The number of hydrogen-bond acceptors (Lipinski definition) is 3. The van der Waals surface area contributed by atoms with Gasteiger partial charge in [0.15, 0.2) is 5.78 Å². The first-order valence-electron chi connectivity index (χ1n) is 7.98.